The van der Waals surface area contributed by atoms with Crippen molar-refractivity contribution in [1.82, 2.24) is 4.98 Å². The molecular weight excluding hydrogens is 358 g/mol. The second-order valence-electron chi connectivity index (χ2n) is 6.66. The van der Waals surface area contributed by atoms with E-state index in [-0.39, 0.29) is 5.91 Å². The molecule has 0 atom stereocenters. The fraction of sp³-hybridized carbons (Fsp3) is 0.0400. The number of amides is 1. The van der Waals surface area contributed by atoms with Crippen LogP contribution in [0.3, 0.4) is 0 Å². The molecule has 0 saturated carbocycles. The van der Waals surface area contributed by atoms with Crippen LogP contribution in [0.2, 0.25) is 0 Å². The zero-order chi connectivity index (χ0) is 19.9. The highest BCUT2D eigenvalue weighted by molar-refractivity contribution is 6.04. The topological polar surface area (TPSA) is 45.2 Å². The predicted molar refractivity (Wildman–Crippen MR) is 117 cm³/mol. The molecule has 29 heavy (non-hydrogen) atoms. The molecule has 0 spiro atoms. The summed E-state index contributed by atoms with van der Waals surface area (Å²) in [6, 6.07) is 31.7. The second kappa shape index (κ2) is 8.85. The highest BCUT2D eigenvalue weighted by Crippen LogP contribution is 2.27. The van der Waals surface area contributed by atoms with Crippen LogP contribution in [0.1, 0.15) is 15.9 Å². The number of pyridine rings is 1. The first-order valence-electron chi connectivity index (χ1n) is 9.47. The molecule has 0 unspecified atom stereocenters. The van der Waals surface area contributed by atoms with Gasteiger partial charge >= 0.3 is 0 Å². The smallest absolute Gasteiger partial charge is 0.257 e. The summed E-state index contributed by atoms with van der Waals surface area (Å²) in [7, 11) is 0. The number of hydrogen-bond donors (Lipinski definition) is 1. The van der Waals surface area contributed by atoms with E-state index in [4.69, 9.17) is 0 Å². The zero-order valence-electron chi connectivity index (χ0n) is 15.9. The van der Waals surface area contributed by atoms with Gasteiger partial charge in [0.05, 0.1) is 17.4 Å². The molecule has 4 nitrogen and oxygen atoms in total. The number of hydrogen-bond acceptors (Lipinski definition) is 3. The van der Waals surface area contributed by atoms with Gasteiger partial charge in [-0.05, 0) is 35.9 Å². The first kappa shape index (κ1) is 18.4. The molecule has 1 N–H and O–H groups in total. The third-order valence-corrected chi connectivity index (χ3v) is 4.58. The molecule has 3 aromatic carbocycles. The highest BCUT2D eigenvalue weighted by atomic mass is 16.1. The summed E-state index contributed by atoms with van der Waals surface area (Å²) in [5, 5.41) is 2.92. The monoisotopic (exact) mass is 379 g/mol. The zero-order valence-corrected chi connectivity index (χ0v) is 15.9. The average molecular weight is 379 g/mol. The van der Waals surface area contributed by atoms with E-state index in [2.05, 4.69) is 39.5 Å². The summed E-state index contributed by atoms with van der Waals surface area (Å²) in [4.78, 5) is 19.2. The van der Waals surface area contributed by atoms with Gasteiger partial charge in [0.1, 0.15) is 0 Å². The van der Waals surface area contributed by atoms with E-state index in [1.165, 1.54) is 5.56 Å². The lowest BCUT2D eigenvalue weighted by Gasteiger charge is -2.25. The van der Waals surface area contributed by atoms with E-state index in [9.17, 15) is 4.79 Å². The summed E-state index contributed by atoms with van der Waals surface area (Å²) in [6.45, 7) is 0.677. The minimum absolute atomic E-state index is 0.182. The van der Waals surface area contributed by atoms with Gasteiger partial charge in [-0.25, -0.2) is 0 Å². The molecule has 0 radical (unpaired) electrons. The van der Waals surface area contributed by atoms with E-state index in [1.54, 1.807) is 12.4 Å². The molecule has 4 rings (SSSR count). The maximum Gasteiger partial charge on any atom is 0.257 e. The molecule has 4 aromatic rings. The number of carbonyl (C=O) groups excluding carboxylic acids is 1. The largest absolute Gasteiger partial charge is 0.336 e. The van der Waals surface area contributed by atoms with Gasteiger partial charge in [0.15, 0.2) is 0 Å². The van der Waals surface area contributed by atoms with Crippen LogP contribution < -0.4 is 10.2 Å². The lowest BCUT2D eigenvalue weighted by atomic mass is 10.1. The number of anilines is 3. The quantitative estimate of drug-likeness (QED) is 0.469. The lowest BCUT2D eigenvalue weighted by molar-refractivity contribution is 0.102. The fourth-order valence-corrected chi connectivity index (χ4v) is 3.13. The Hall–Kier alpha value is -3.92. The van der Waals surface area contributed by atoms with Crippen molar-refractivity contribution in [3.8, 4) is 0 Å². The van der Waals surface area contributed by atoms with Gasteiger partial charge in [-0.1, -0.05) is 66.7 Å². The number of rotatable bonds is 6. The SMILES string of the molecule is O=C(Nc1ccccc1)c1cncc(N(Cc2ccccc2)c2ccccc2)c1. The summed E-state index contributed by atoms with van der Waals surface area (Å²) in [5.74, 6) is -0.182. The van der Waals surface area contributed by atoms with Crippen LogP contribution in [0.15, 0.2) is 109 Å². The maximum atomic E-state index is 12.7. The number of aromatic nitrogens is 1. The molecule has 142 valence electrons. The molecule has 1 amide bonds. The van der Waals surface area contributed by atoms with Crippen molar-refractivity contribution in [3.05, 3.63) is 121 Å². The summed E-state index contributed by atoms with van der Waals surface area (Å²) >= 11 is 0. The van der Waals surface area contributed by atoms with Gasteiger partial charge in [0.25, 0.3) is 5.91 Å². The Morgan fingerprint density at radius 2 is 1.38 bits per heavy atom. The standard InChI is InChI=1S/C25H21N3O/c29-25(27-22-12-6-2-7-13-22)21-16-24(18-26-17-21)28(23-14-8-3-9-15-23)19-20-10-4-1-5-11-20/h1-18H,19H2,(H,27,29). The van der Waals surface area contributed by atoms with Crippen LogP contribution in [-0.2, 0) is 6.54 Å². The Balaban J connectivity index is 1.64. The number of benzene rings is 3. The van der Waals surface area contributed by atoms with Crippen molar-refractivity contribution in [2.45, 2.75) is 6.54 Å². The Morgan fingerprint density at radius 3 is 2.07 bits per heavy atom. The molecule has 1 heterocycles. The normalized spacial score (nSPS) is 10.3. The van der Waals surface area contributed by atoms with Gasteiger partial charge in [0, 0.05) is 24.1 Å². The molecular formula is C25H21N3O. The van der Waals surface area contributed by atoms with Crippen molar-refractivity contribution in [1.29, 1.82) is 0 Å². The Morgan fingerprint density at radius 1 is 0.759 bits per heavy atom. The number of nitrogens with one attached hydrogen (secondary N) is 1. The molecule has 4 heteroatoms. The third-order valence-electron chi connectivity index (χ3n) is 4.58. The Kier molecular flexibility index (Phi) is 5.63. The first-order valence-corrected chi connectivity index (χ1v) is 9.47. The van der Waals surface area contributed by atoms with Crippen LogP contribution >= 0.6 is 0 Å². The van der Waals surface area contributed by atoms with Crippen molar-refractivity contribution in [3.63, 3.8) is 0 Å². The molecule has 0 aliphatic rings. The first-order chi connectivity index (χ1) is 14.3. The van der Waals surface area contributed by atoms with Gasteiger partial charge in [-0.3, -0.25) is 9.78 Å². The highest BCUT2D eigenvalue weighted by Gasteiger charge is 2.14. The number of para-hydroxylation sites is 2. The molecule has 0 fully saturated rings. The van der Waals surface area contributed by atoms with Crippen LogP contribution in [0.4, 0.5) is 17.1 Å². The summed E-state index contributed by atoms with van der Waals surface area (Å²) in [6.07, 6.45) is 3.38. The van der Waals surface area contributed by atoms with E-state index >= 15 is 0 Å². The fourth-order valence-electron chi connectivity index (χ4n) is 3.13. The van der Waals surface area contributed by atoms with Crippen LogP contribution in [-0.4, -0.2) is 10.9 Å². The molecule has 0 bridgehead atoms. The summed E-state index contributed by atoms with van der Waals surface area (Å²) in [5.41, 5.74) is 4.35. The van der Waals surface area contributed by atoms with Crippen molar-refractivity contribution in [2.24, 2.45) is 0 Å². The van der Waals surface area contributed by atoms with E-state index in [0.717, 1.165) is 17.1 Å². The maximum absolute atomic E-state index is 12.7. The minimum atomic E-state index is -0.182. The predicted octanol–water partition coefficient (Wildman–Crippen LogP) is 5.67. The van der Waals surface area contributed by atoms with Gasteiger partial charge in [0.2, 0.25) is 0 Å². The minimum Gasteiger partial charge on any atom is -0.336 e. The molecule has 1 aromatic heterocycles. The Labute approximate surface area is 170 Å². The van der Waals surface area contributed by atoms with Gasteiger partial charge < -0.3 is 10.2 Å². The third kappa shape index (κ3) is 4.68. The molecule has 0 aliphatic heterocycles. The van der Waals surface area contributed by atoms with E-state index < -0.39 is 0 Å². The molecule has 0 saturated heterocycles. The van der Waals surface area contributed by atoms with E-state index in [0.29, 0.717) is 12.1 Å². The Bertz CT molecular complexity index is 1070. The average Bonchev–Trinajstić information content (AvgIpc) is 2.79. The van der Waals surface area contributed by atoms with Crippen molar-refractivity contribution in [2.75, 3.05) is 10.2 Å². The number of carbonyl (C=O) groups is 1. The van der Waals surface area contributed by atoms with E-state index in [1.807, 2.05) is 72.8 Å². The number of nitrogens with zero attached hydrogens (tertiary/aromatic N) is 2. The summed E-state index contributed by atoms with van der Waals surface area (Å²) < 4.78 is 0. The van der Waals surface area contributed by atoms with Crippen molar-refractivity contribution < 1.29 is 4.79 Å². The van der Waals surface area contributed by atoms with Crippen molar-refractivity contribution >= 4 is 23.0 Å². The van der Waals surface area contributed by atoms with Crippen LogP contribution in [0.5, 0.6) is 0 Å². The van der Waals surface area contributed by atoms with Crippen LogP contribution in [0.25, 0.3) is 0 Å². The molecule has 0 aliphatic carbocycles. The lowest BCUT2D eigenvalue weighted by Crippen LogP contribution is -2.18. The second-order valence-corrected chi connectivity index (χ2v) is 6.66. The van der Waals surface area contributed by atoms with Crippen LogP contribution in [0, 0.1) is 0 Å². The van der Waals surface area contributed by atoms with Gasteiger partial charge in [-0.2, -0.15) is 0 Å². The van der Waals surface area contributed by atoms with Gasteiger partial charge in [-0.15, -0.1) is 0 Å².